The molecule has 2 aliphatic rings. The van der Waals surface area contributed by atoms with Gasteiger partial charge in [0, 0.05) is 43.3 Å². The summed E-state index contributed by atoms with van der Waals surface area (Å²) in [5.74, 6) is 1.30. The summed E-state index contributed by atoms with van der Waals surface area (Å²) in [5.41, 5.74) is 1.55. The Bertz CT molecular complexity index is 1050. The Labute approximate surface area is 176 Å². The largest absolute Gasteiger partial charge is 0.434 e. The average Bonchev–Trinajstić information content (AvgIpc) is 3.40. The number of rotatable bonds is 5. The topological polar surface area (TPSA) is 85.7 Å². The molecule has 31 heavy (non-hydrogen) atoms. The number of hydrogen-bond acceptors (Lipinski definition) is 7. The number of aliphatic imine (C=N–C) groups is 2. The van der Waals surface area contributed by atoms with Gasteiger partial charge in [-0.2, -0.15) is 18.3 Å². The minimum absolute atomic E-state index is 0.139. The molecule has 0 saturated carbocycles. The number of allylic oxidation sites excluding steroid dienone is 1. The smallest absolute Gasteiger partial charge is 0.356 e. The van der Waals surface area contributed by atoms with Gasteiger partial charge in [-0.1, -0.05) is 0 Å². The molecule has 8 nitrogen and oxygen atoms in total. The molecule has 0 radical (unpaired) electrons. The quantitative estimate of drug-likeness (QED) is 0.736. The van der Waals surface area contributed by atoms with Gasteiger partial charge >= 0.3 is 6.18 Å². The fourth-order valence-electron chi connectivity index (χ4n) is 3.76. The van der Waals surface area contributed by atoms with Gasteiger partial charge in [-0.3, -0.25) is 15.1 Å². The number of H-pyrrole nitrogens is 1. The molecule has 1 N–H and O–H groups in total. The summed E-state index contributed by atoms with van der Waals surface area (Å²) < 4.78 is 39.3. The van der Waals surface area contributed by atoms with Crippen LogP contribution in [-0.2, 0) is 0 Å². The third-order valence-corrected chi connectivity index (χ3v) is 5.29. The summed E-state index contributed by atoms with van der Waals surface area (Å²) in [4.78, 5) is 19.6. The Hall–Kier alpha value is -3.50. The van der Waals surface area contributed by atoms with Gasteiger partial charge in [0.25, 0.3) is 0 Å². The molecule has 0 aromatic carbocycles. The van der Waals surface area contributed by atoms with E-state index in [0.717, 1.165) is 31.4 Å². The first-order chi connectivity index (χ1) is 14.9. The Morgan fingerprint density at radius 1 is 1.39 bits per heavy atom. The molecule has 0 amide bonds. The van der Waals surface area contributed by atoms with E-state index in [1.165, 1.54) is 22.9 Å². The van der Waals surface area contributed by atoms with Gasteiger partial charge < -0.3 is 9.80 Å². The molecule has 11 heteroatoms. The van der Waals surface area contributed by atoms with Crippen LogP contribution in [0.4, 0.5) is 19.0 Å². The summed E-state index contributed by atoms with van der Waals surface area (Å²) in [6.07, 6.45) is 3.33. The van der Waals surface area contributed by atoms with Crippen LogP contribution in [0.2, 0.25) is 0 Å². The van der Waals surface area contributed by atoms with E-state index in [2.05, 4.69) is 41.8 Å². The van der Waals surface area contributed by atoms with E-state index in [9.17, 15) is 13.2 Å². The summed E-state index contributed by atoms with van der Waals surface area (Å²) in [5, 5.41) is 7.07. The number of aromatic amines is 1. The lowest BCUT2D eigenvalue weighted by Crippen LogP contribution is -2.27. The lowest BCUT2D eigenvalue weighted by molar-refractivity contribution is -0.0934. The van der Waals surface area contributed by atoms with Gasteiger partial charge in [-0.05, 0) is 31.7 Å². The Morgan fingerprint density at radius 2 is 2.23 bits per heavy atom. The molecule has 0 bridgehead atoms. The van der Waals surface area contributed by atoms with E-state index < -0.39 is 11.9 Å². The van der Waals surface area contributed by atoms with Crippen LogP contribution >= 0.6 is 0 Å². The maximum absolute atomic E-state index is 13.1. The van der Waals surface area contributed by atoms with Gasteiger partial charge in [0.15, 0.2) is 11.5 Å². The zero-order valence-electron chi connectivity index (χ0n) is 16.8. The lowest BCUT2D eigenvalue weighted by Gasteiger charge is -2.25. The second kappa shape index (κ2) is 8.32. The van der Waals surface area contributed by atoms with E-state index in [1.54, 1.807) is 12.3 Å². The highest BCUT2D eigenvalue weighted by molar-refractivity contribution is 5.70. The predicted octanol–water partition coefficient (Wildman–Crippen LogP) is 3.29. The first kappa shape index (κ1) is 20.8. The second-order valence-corrected chi connectivity index (χ2v) is 7.29. The SMILES string of the molecule is C=N/C=C(/c1nccc(N2CCC(c3cn[nH]c3C)C2)n1)N1C=C(C(F)(F)F)N=CC1. The van der Waals surface area contributed by atoms with E-state index in [1.807, 2.05) is 13.1 Å². The van der Waals surface area contributed by atoms with E-state index >= 15 is 0 Å². The zero-order chi connectivity index (χ0) is 22.0. The monoisotopic (exact) mass is 430 g/mol. The van der Waals surface area contributed by atoms with Crippen molar-refractivity contribution in [2.24, 2.45) is 9.98 Å². The molecule has 2 aromatic rings. The van der Waals surface area contributed by atoms with Gasteiger partial charge in [0.1, 0.15) is 11.5 Å². The summed E-state index contributed by atoms with van der Waals surface area (Å²) in [7, 11) is 0. The summed E-state index contributed by atoms with van der Waals surface area (Å²) in [6.45, 7) is 7.14. The molecule has 1 unspecified atom stereocenters. The maximum Gasteiger partial charge on any atom is 0.434 e. The number of nitrogens with one attached hydrogen (secondary N) is 1. The van der Waals surface area contributed by atoms with Crippen molar-refractivity contribution >= 4 is 24.4 Å². The zero-order valence-corrected chi connectivity index (χ0v) is 16.8. The van der Waals surface area contributed by atoms with Crippen LogP contribution in [0.5, 0.6) is 0 Å². The molecule has 162 valence electrons. The van der Waals surface area contributed by atoms with Gasteiger partial charge in [0.05, 0.1) is 18.9 Å². The first-order valence-electron chi connectivity index (χ1n) is 9.69. The van der Waals surface area contributed by atoms with Crippen molar-refractivity contribution in [2.45, 2.75) is 25.4 Å². The van der Waals surface area contributed by atoms with Crippen LogP contribution in [0.3, 0.4) is 0 Å². The number of aryl methyl sites for hydroxylation is 1. The standard InChI is InChI=1S/C20H21F3N8/c1-13-15(9-27-29-13)14-4-7-31(11-14)18-3-5-26-19(28-18)16(10-24-2)30-8-6-25-17(12-30)20(21,22)23/h3,5-6,9-10,12,14H,2,4,7-8,11H2,1H3,(H,27,29)/b16-10-. The number of aromatic nitrogens is 4. The molecule has 1 saturated heterocycles. The van der Waals surface area contributed by atoms with Gasteiger partial charge in [-0.25, -0.2) is 9.97 Å². The van der Waals surface area contributed by atoms with Crippen molar-refractivity contribution in [2.75, 3.05) is 24.5 Å². The molecule has 2 aromatic heterocycles. The molecular formula is C20H21F3N8. The van der Waals surface area contributed by atoms with Crippen molar-refractivity contribution < 1.29 is 13.2 Å². The molecule has 4 heterocycles. The van der Waals surface area contributed by atoms with Crippen LogP contribution in [0.25, 0.3) is 5.70 Å². The molecule has 1 atom stereocenters. The lowest BCUT2D eigenvalue weighted by atomic mass is 10.00. The van der Waals surface area contributed by atoms with Crippen LogP contribution in [-0.4, -0.2) is 63.8 Å². The van der Waals surface area contributed by atoms with Gasteiger partial charge in [-0.15, -0.1) is 0 Å². The fraction of sp³-hybridized carbons (Fsp3) is 0.350. The molecule has 0 aliphatic carbocycles. The predicted molar refractivity (Wildman–Crippen MR) is 112 cm³/mol. The highest BCUT2D eigenvalue weighted by Crippen LogP contribution is 2.33. The molecular weight excluding hydrogens is 409 g/mol. The van der Waals surface area contributed by atoms with Gasteiger partial charge in [0.2, 0.25) is 0 Å². The number of nitrogens with zero attached hydrogens (tertiary/aromatic N) is 7. The van der Waals surface area contributed by atoms with Crippen molar-refractivity contribution in [3.8, 4) is 0 Å². The Kier molecular flexibility index (Phi) is 5.57. The number of hydrogen-bond donors (Lipinski definition) is 1. The molecule has 1 fully saturated rings. The highest BCUT2D eigenvalue weighted by atomic mass is 19.4. The minimum atomic E-state index is -4.56. The van der Waals surface area contributed by atoms with Crippen LogP contribution in [0.1, 0.15) is 29.4 Å². The van der Waals surface area contributed by atoms with E-state index in [4.69, 9.17) is 0 Å². The fourth-order valence-corrected chi connectivity index (χ4v) is 3.76. The normalized spacial score (nSPS) is 19.7. The van der Waals surface area contributed by atoms with Crippen LogP contribution in [0.15, 0.2) is 46.5 Å². The number of anilines is 1. The van der Waals surface area contributed by atoms with E-state index in [-0.39, 0.29) is 12.4 Å². The number of halogens is 3. The van der Waals surface area contributed by atoms with Crippen LogP contribution in [0, 0.1) is 6.92 Å². The highest BCUT2D eigenvalue weighted by Gasteiger charge is 2.36. The van der Waals surface area contributed by atoms with Crippen LogP contribution < -0.4 is 4.90 Å². The second-order valence-electron chi connectivity index (χ2n) is 7.29. The number of alkyl halides is 3. The summed E-state index contributed by atoms with van der Waals surface area (Å²) in [6, 6.07) is 1.79. The van der Waals surface area contributed by atoms with Crippen molar-refractivity contribution in [1.29, 1.82) is 0 Å². The summed E-state index contributed by atoms with van der Waals surface area (Å²) >= 11 is 0. The van der Waals surface area contributed by atoms with Crippen molar-refractivity contribution in [3.63, 3.8) is 0 Å². The Balaban J connectivity index is 1.59. The molecule has 0 spiro atoms. The van der Waals surface area contributed by atoms with Crippen molar-refractivity contribution in [3.05, 3.63) is 53.6 Å². The van der Waals surface area contributed by atoms with Crippen molar-refractivity contribution in [1.82, 2.24) is 25.1 Å². The first-order valence-corrected chi connectivity index (χ1v) is 9.69. The maximum atomic E-state index is 13.1. The minimum Gasteiger partial charge on any atom is -0.356 e. The van der Waals surface area contributed by atoms with E-state index in [0.29, 0.717) is 17.4 Å². The Morgan fingerprint density at radius 3 is 2.94 bits per heavy atom. The third-order valence-electron chi connectivity index (χ3n) is 5.29. The molecule has 4 rings (SSSR count). The third kappa shape index (κ3) is 4.35. The molecule has 2 aliphatic heterocycles. The average molecular weight is 430 g/mol.